The summed E-state index contributed by atoms with van der Waals surface area (Å²) in [5.41, 5.74) is 10.4. The van der Waals surface area contributed by atoms with Crippen molar-refractivity contribution in [1.82, 2.24) is 10.2 Å². The van der Waals surface area contributed by atoms with Crippen LogP contribution in [0.25, 0.3) is 0 Å². The van der Waals surface area contributed by atoms with Gasteiger partial charge in [-0.05, 0) is 61.0 Å². The van der Waals surface area contributed by atoms with Gasteiger partial charge in [-0.3, -0.25) is 14.5 Å². The summed E-state index contributed by atoms with van der Waals surface area (Å²) >= 11 is 4.00. The first-order valence-electron chi connectivity index (χ1n) is 11.7. The number of thioether (sulfide) groups is 1. The Bertz CT molecular complexity index is 1570. The van der Waals surface area contributed by atoms with Crippen LogP contribution in [0.15, 0.2) is 62.7 Å². The quantitative estimate of drug-likeness (QED) is 0.406. The molecule has 2 aromatic heterocycles. The standard InChI is InChI=1S/C26H21N7O2S3/c1-14-9-10-36-23(14)21-17(12-28)24(29)33(18-3-2-4-19(34)22(18)21)25-31-32-26(38-25)37-13-20(35)30-16-7-5-15(11-27)6-8-16/h5-10,21H,2-4,13,29H2,1H3,(H,30,35). The number of aryl methyl sites for hydroxylation is 1. The summed E-state index contributed by atoms with van der Waals surface area (Å²) in [6.45, 7) is 1.97. The predicted octanol–water partition coefficient (Wildman–Crippen LogP) is 4.82. The molecule has 0 spiro atoms. The van der Waals surface area contributed by atoms with Crippen LogP contribution in [0.3, 0.4) is 0 Å². The lowest BCUT2D eigenvalue weighted by atomic mass is 9.78. The number of carbonyl (C=O) groups is 2. The van der Waals surface area contributed by atoms with Crippen molar-refractivity contribution in [1.29, 1.82) is 10.5 Å². The molecule has 0 saturated carbocycles. The highest BCUT2D eigenvalue weighted by Gasteiger charge is 2.42. The van der Waals surface area contributed by atoms with Gasteiger partial charge in [0.1, 0.15) is 5.82 Å². The van der Waals surface area contributed by atoms with Crippen molar-refractivity contribution in [2.45, 2.75) is 36.4 Å². The number of amides is 1. The molecule has 1 aromatic carbocycles. The summed E-state index contributed by atoms with van der Waals surface area (Å²) in [5, 5.41) is 32.8. The molecule has 38 heavy (non-hydrogen) atoms. The van der Waals surface area contributed by atoms with Crippen molar-refractivity contribution in [3.8, 4) is 12.1 Å². The van der Waals surface area contributed by atoms with E-state index >= 15 is 0 Å². The predicted molar refractivity (Wildman–Crippen MR) is 147 cm³/mol. The van der Waals surface area contributed by atoms with Crippen LogP contribution in [0.2, 0.25) is 0 Å². The van der Waals surface area contributed by atoms with Crippen molar-refractivity contribution < 1.29 is 9.59 Å². The molecule has 0 saturated heterocycles. The molecule has 0 bridgehead atoms. The van der Waals surface area contributed by atoms with Gasteiger partial charge in [-0.2, -0.15) is 10.5 Å². The van der Waals surface area contributed by atoms with E-state index in [2.05, 4.69) is 21.6 Å². The number of Topliss-reactive ketones (excluding diaryl/α,β-unsaturated/α-hetero) is 1. The molecule has 12 heteroatoms. The highest BCUT2D eigenvalue weighted by molar-refractivity contribution is 8.01. The van der Waals surface area contributed by atoms with E-state index < -0.39 is 5.92 Å². The number of allylic oxidation sites excluding steroid dienone is 3. The maximum Gasteiger partial charge on any atom is 0.234 e. The monoisotopic (exact) mass is 559 g/mol. The molecule has 3 heterocycles. The van der Waals surface area contributed by atoms with Crippen molar-refractivity contribution in [2.24, 2.45) is 5.73 Å². The van der Waals surface area contributed by atoms with E-state index in [9.17, 15) is 14.9 Å². The summed E-state index contributed by atoms with van der Waals surface area (Å²) in [6, 6.07) is 12.9. The zero-order valence-corrected chi connectivity index (χ0v) is 22.7. The van der Waals surface area contributed by atoms with E-state index in [1.54, 1.807) is 29.2 Å². The lowest BCUT2D eigenvalue weighted by molar-refractivity contribution is -0.116. The van der Waals surface area contributed by atoms with Gasteiger partial charge in [0.15, 0.2) is 10.1 Å². The summed E-state index contributed by atoms with van der Waals surface area (Å²) < 4.78 is 0.557. The fourth-order valence-electron chi connectivity index (χ4n) is 4.55. The zero-order valence-electron chi connectivity index (χ0n) is 20.2. The van der Waals surface area contributed by atoms with Gasteiger partial charge in [0.2, 0.25) is 11.0 Å². The number of nitrogens with zero attached hydrogens (tertiary/aromatic N) is 5. The van der Waals surface area contributed by atoms with Crippen LogP contribution >= 0.6 is 34.4 Å². The molecule has 1 atom stereocenters. The van der Waals surface area contributed by atoms with Crippen LogP contribution < -0.4 is 16.0 Å². The molecule has 0 radical (unpaired) electrons. The molecule has 1 aliphatic heterocycles. The Kier molecular flexibility index (Phi) is 7.29. The first-order valence-corrected chi connectivity index (χ1v) is 14.4. The SMILES string of the molecule is Cc1ccsc1C1C(C#N)=C(N)N(c2nnc(SCC(=O)Nc3ccc(C#N)cc3)s2)C2=C1C(=O)CCC2. The van der Waals surface area contributed by atoms with Gasteiger partial charge in [-0.15, -0.1) is 21.5 Å². The molecule has 3 N–H and O–H groups in total. The number of hydrogen-bond acceptors (Lipinski definition) is 11. The number of thiophene rings is 1. The molecular weight excluding hydrogens is 539 g/mol. The van der Waals surface area contributed by atoms with Crippen LogP contribution in [-0.4, -0.2) is 27.6 Å². The maximum atomic E-state index is 13.2. The van der Waals surface area contributed by atoms with E-state index in [1.165, 1.54) is 34.4 Å². The average Bonchev–Trinajstić information content (AvgIpc) is 3.56. The van der Waals surface area contributed by atoms with E-state index in [4.69, 9.17) is 11.0 Å². The van der Waals surface area contributed by atoms with Crippen molar-refractivity contribution in [3.63, 3.8) is 0 Å². The number of nitrogens with one attached hydrogen (secondary N) is 1. The second kappa shape index (κ2) is 10.8. The Morgan fingerprint density at radius 2 is 2.00 bits per heavy atom. The van der Waals surface area contributed by atoms with Crippen LogP contribution in [-0.2, 0) is 9.59 Å². The number of carbonyl (C=O) groups excluding carboxylic acids is 2. The van der Waals surface area contributed by atoms with Crippen LogP contribution in [0.5, 0.6) is 0 Å². The summed E-state index contributed by atoms with van der Waals surface area (Å²) in [4.78, 5) is 28.3. The fourth-order valence-corrected chi connectivity index (χ4v) is 7.28. The smallest absolute Gasteiger partial charge is 0.234 e. The minimum absolute atomic E-state index is 0.0212. The first kappa shape index (κ1) is 25.7. The number of ketones is 1. The third-order valence-corrected chi connectivity index (χ3v) is 9.41. The topological polar surface area (TPSA) is 149 Å². The lowest BCUT2D eigenvalue weighted by Crippen LogP contribution is -2.38. The van der Waals surface area contributed by atoms with Crippen molar-refractivity contribution in [2.75, 3.05) is 16.0 Å². The number of benzene rings is 1. The molecule has 2 aliphatic rings. The highest BCUT2D eigenvalue weighted by Crippen LogP contribution is 2.48. The Morgan fingerprint density at radius 3 is 2.68 bits per heavy atom. The molecule has 5 rings (SSSR count). The van der Waals surface area contributed by atoms with Gasteiger partial charge < -0.3 is 11.1 Å². The summed E-state index contributed by atoms with van der Waals surface area (Å²) in [6.07, 6.45) is 1.75. The van der Waals surface area contributed by atoms with Crippen molar-refractivity contribution >= 4 is 56.9 Å². The molecule has 1 unspecified atom stereocenters. The number of aromatic nitrogens is 2. The van der Waals surface area contributed by atoms with Crippen LogP contribution in [0.1, 0.15) is 41.2 Å². The van der Waals surface area contributed by atoms with Crippen LogP contribution in [0, 0.1) is 29.6 Å². The Balaban J connectivity index is 1.39. The van der Waals surface area contributed by atoms with Crippen molar-refractivity contribution in [3.05, 3.63) is 74.4 Å². The summed E-state index contributed by atoms with van der Waals surface area (Å²) in [7, 11) is 0. The van der Waals surface area contributed by atoms with Gasteiger partial charge in [0, 0.05) is 28.3 Å². The Labute approximate surface area is 231 Å². The largest absolute Gasteiger partial charge is 0.384 e. The van der Waals surface area contributed by atoms with Gasteiger partial charge in [-0.1, -0.05) is 23.1 Å². The van der Waals surface area contributed by atoms with E-state index in [1.807, 2.05) is 24.4 Å². The van der Waals surface area contributed by atoms with E-state index in [-0.39, 0.29) is 23.3 Å². The maximum absolute atomic E-state index is 13.2. The molecule has 0 fully saturated rings. The van der Waals surface area contributed by atoms with Gasteiger partial charge in [0.05, 0.1) is 34.9 Å². The summed E-state index contributed by atoms with van der Waals surface area (Å²) in [5.74, 6) is -0.322. The number of nitriles is 2. The number of hydrogen-bond donors (Lipinski definition) is 2. The van der Waals surface area contributed by atoms with Gasteiger partial charge >= 0.3 is 0 Å². The molecule has 1 amide bonds. The zero-order chi connectivity index (χ0) is 26.8. The Morgan fingerprint density at radius 1 is 1.21 bits per heavy atom. The van der Waals surface area contributed by atoms with E-state index in [0.717, 1.165) is 16.1 Å². The molecule has 1 aliphatic carbocycles. The minimum Gasteiger partial charge on any atom is -0.384 e. The number of anilines is 2. The average molecular weight is 560 g/mol. The lowest BCUT2D eigenvalue weighted by Gasteiger charge is -2.37. The molecule has 190 valence electrons. The highest BCUT2D eigenvalue weighted by atomic mass is 32.2. The Hall–Kier alpha value is -3.97. The van der Waals surface area contributed by atoms with Gasteiger partial charge in [0.25, 0.3) is 0 Å². The molecule has 9 nitrogen and oxygen atoms in total. The molecule has 3 aromatic rings. The second-order valence-electron chi connectivity index (χ2n) is 8.66. The minimum atomic E-state index is -0.480. The number of nitrogens with two attached hydrogens (primary N) is 1. The fraction of sp³-hybridized carbons (Fsp3) is 0.231. The third kappa shape index (κ3) is 4.82. The van der Waals surface area contributed by atoms with E-state index in [0.29, 0.717) is 51.1 Å². The third-order valence-electron chi connectivity index (χ3n) is 6.29. The van der Waals surface area contributed by atoms with Crippen LogP contribution in [0.4, 0.5) is 10.8 Å². The van der Waals surface area contributed by atoms with Gasteiger partial charge in [-0.25, -0.2) is 0 Å². The normalized spacial score (nSPS) is 17.2. The first-order chi connectivity index (χ1) is 18.4. The second-order valence-corrected chi connectivity index (χ2v) is 11.8. The number of rotatable bonds is 6. The molecular formula is C26H21N7O2S3.